The Morgan fingerprint density at radius 2 is 1.83 bits per heavy atom. The van der Waals surface area contributed by atoms with Gasteiger partial charge in [0.25, 0.3) is 0 Å². The Kier molecular flexibility index (Phi) is 6.06. The second-order valence-corrected chi connectivity index (χ2v) is 5.08. The number of halogens is 1. The molecule has 0 N–H and O–H groups in total. The molecule has 0 aliphatic rings. The molecule has 4 nitrogen and oxygen atoms in total. The van der Waals surface area contributed by atoms with E-state index >= 15 is 0 Å². The molecule has 0 bridgehead atoms. The zero-order chi connectivity index (χ0) is 16.7. The molecule has 0 saturated heterocycles. The van der Waals surface area contributed by atoms with Gasteiger partial charge in [-0.05, 0) is 29.3 Å². The Hall–Kier alpha value is -2.46. The molecule has 23 heavy (non-hydrogen) atoms. The van der Waals surface area contributed by atoms with Gasteiger partial charge in [-0.1, -0.05) is 48.0 Å². The van der Waals surface area contributed by atoms with Crippen molar-refractivity contribution >= 4 is 23.6 Å². The average Bonchev–Trinajstić information content (AvgIpc) is 2.60. The van der Waals surface area contributed by atoms with E-state index < -0.39 is 5.97 Å². The van der Waals surface area contributed by atoms with E-state index in [0.29, 0.717) is 23.7 Å². The van der Waals surface area contributed by atoms with Crippen LogP contribution in [0.3, 0.4) is 0 Å². The number of hydrogen-bond acceptors (Lipinski definition) is 4. The highest BCUT2D eigenvalue weighted by atomic mass is 35.5. The van der Waals surface area contributed by atoms with Crippen LogP contribution in [-0.4, -0.2) is 20.2 Å². The summed E-state index contributed by atoms with van der Waals surface area (Å²) in [5.41, 5.74) is 1.77. The third kappa shape index (κ3) is 4.76. The van der Waals surface area contributed by atoms with Gasteiger partial charge in [0, 0.05) is 0 Å². The number of benzene rings is 2. The first-order valence-electron chi connectivity index (χ1n) is 6.94. The smallest absolute Gasteiger partial charge is 0.349 e. The highest BCUT2D eigenvalue weighted by Gasteiger charge is 2.09. The molecule has 2 aromatic rings. The number of hydrogen-bond donors (Lipinski definition) is 0. The van der Waals surface area contributed by atoms with E-state index in [9.17, 15) is 4.79 Å². The highest BCUT2D eigenvalue weighted by Crippen LogP contribution is 2.30. The molecular weight excluding hydrogens is 316 g/mol. The van der Waals surface area contributed by atoms with Crippen molar-refractivity contribution in [2.24, 2.45) is 0 Å². The number of ether oxygens (including phenoxy) is 3. The van der Waals surface area contributed by atoms with Crippen molar-refractivity contribution in [3.63, 3.8) is 0 Å². The van der Waals surface area contributed by atoms with Gasteiger partial charge in [-0.25, -0.2) is 4.79 Å². The maximum atomic E-state index is 11.3. The largest absolute Gasteiger partial charge is 0.493 e. The van der Waals surface area contributed by atoms with Crippen LogP contribution in [0.25, 0.3) is 6.08 Å². The van der Waals surface area contributed by atoms with Gasteiger partial charge in [-0.15, -0.1) is 0 Å². The minimum Gasteiger partial charge on any atom is -0.493 e. The van der Waals surface area contributed by atoms with E-state index in [-0.39, 0.29) is 5.03 Å². The lowest BCUT2D eigenvalue weighted by atomic mass is 10.2. The molecule has 2 aromatic carbocycles. The number of carbonyl (C=O) groups excluding carboxylic acids is 1. The van der Waals surface area contributed by atoms with Gasteiger partial charge in [-0.3, -0.25) is 0 Å². The lowest BCUT2D eigenvalue weighted by Gasteiger charge is -2.11. The quantitative estimate of drug-likeness (QED) is 0.592. The van der Waals surface area contributed by atoms with Crippen molar-refractivity contribution < 1.29 is 19.0 Å². The summed E-state index contributed by atoms with van der Waals surface area (Å²) < 4.78 is 15.7. The van der Waals surface area contributed by atoms with E-state index in [4.69, 9.17) is 21.1 Å². The van der Waals surface area contributed by atoms with Gasteiger partial charge < -0.3 is 14.2 Å². The van der Waals surface area contributed by atoms with Gasteiger partial charge in [0.05, 0.1) is 14.2 Å². The first kappa shape index (κ1) is 16.9. The maximum Gasteiger partial charge on any atom is 0.349 e. The van der Waals surface area contributed by atoms with E-state index in [1.54, 1.807) is 25.3 Å². The molecule has 0 spiro atoms. The van der Waals surface area contributed by atoms with Crippen LogP contribution in [-0.2, 0) is 16.1 Å². The van der Waals surface area contributed by atoms with Crippen molar-refractivity contribution in [2.45, 2.75) is 6.61 Å². The monoisotopic (exact) mass is 332 g/mol. The molecule has 0 amide bonds. The lowest BCUT2D eigenvalue weighted by molar-refractivity contribution is -0.135. The van der Waals surface area contributed by atoms with E-state index in [1.807, 2.05) is 30.3 Å². The summed E-state index contributed by atoms with van der Waals surface area (Å²) in [6.07, 6.45) is 1.51. The molecule has 0 fully saturated rings. The Balaban J connectivity index is 2.15. The maximum absolute atomic E-state index is 11.3. The molecule has 0 unspecified atom stereocenters. The Bertz CT molecular complexity index is 695. The van der Waals surface area contributed by atoms with Crippen LogP contribution in [0.1, 0.15) is 11.1 Å². The molecule has 0 heterocycles. The molecule has 5 heteroatoms. The molecule has 0 saturated carbocycles. The summed E-state index contributed by atoms with van der Waals surface area (Å²) in [7, 11) is 2.83. The minimum atomic E-state index is -0.588. The second-order valence-electron chi connectivity index (χ2n) is 4.67. The number of rotatable bonds is 6. The zero-order valence-electron chi connectivity index (χ0n) is 12.9. The molecular formula is C18H17ClO4. The van der Waals surface area contributed by atoms with Crippen LogP contribution in [0, 0.1) is 0 Å². The van der Waals surface area contributed by atoms with Gasteiger partial charge in [0.1, 0.15) is 11.6 Å². The Morgan fingerprint density at radius 3 is 2.48 bits per heavy atom. The van der Waals surface area contributed by atoms with Crippen molar-refractivity contribution in [1.82, 2.24) is 0 Å². The summed E-state index contributed by atoms with van der Waals surface area (Å²) in [6, 6.07) is 15.1. The third-order valence-electron chi connectivity index (χ3n) is 3.10. The predicted octanol–water partition coefficient (Wildman–Crippen LogP) is 4.03. The van der Waals surface area contributed by atoms with Crippen LogP contribution in [0.5, 0.6) is 11.5 Å². The summed E-state index contributed by atoms with van der Waals surface area (Å²) in [4.78, 5) is 11.3. The van der Waals surface area contributed by atoms with Gasteiger partial charge in [-0.2, -0.15) is 0 Å². The summed E-state index contributed by atoms with van der Waals surface area (Å²) >= 11 is 5.86. The fourth-order valence-electron chi connectivity index (χ4n) is 1.93. The number of esters is 1. The Morgan fingerprint density at radius 1 is 1.09 bits per heavy atom. The highest BCUT2D eigenvalue weighted by molar-refractivity contribution is 6.43. The SMILES string of the molecule is COC(=O)/C(Cl)=C/c1ccc(OCc2ccccc2)c(OC)c1. The molecule has 0 aliphatic heterocycles. The van der Waals surface area contributed by atoms with Crippen LogP contribution < -0.4 is 9.47 Å². The summed E-state index contributed by atoms with van der Waals surface area (Å²) in [5, 5.41) is -0.00694. The number of carbonyl (C=O) groups is 1. The van der Waals surface area contributed by atoms with Gasteiger partial charge >= 0.3 is 5.97 Å². The molecule has 0 aliphatic carbocycles. The molecule has 0 aromatic heterocycles. The normalized spacial score (nSPS) is 11.0. The van der Waals surface area contributed by atoms with Crippen molar-refractivity contribution in [1.29, 1.82) is 0 Å². The fraction of sp³-hybridized carbons (Fsp3) is 0.167. The van der Waals surface area contributed by atoms with E-state index in [0.717, 1.165) is 5.56 Å². The minimum absolute atomic E-state index is 0.00694. The summed E-state index contributed by atoms with van der Waals surface area (Å²) in [5.74, 6) is 0.585. The van der Waals surface area contributed by atoms with E-state index in [1.165, 1.54) is 13.2 Å². The van der Waals surface area contributed by atoms with Gasteiger partial charge in [0.15, 0.2) is 11.5 Å². The number of methoxy groups -OCH3 is 2. The van der Waals surface area contributed by atoms with Crippen LogP contribution in [0.4, 0.5) is 0 Å². The molecule has 120 valence electrons. The third-order valence-corrected chi connectivity index (χ3v) is 3.36. The second kappa shape index (κ2) is 8.25. The van der Waals surface area contributed by atoms with Crippen molar-refractivity contribution in [3.8, 4) is 11.5 Å². The van der Waals surface area contributed by atoms with Crippen LogP contribution in [0.2, 0.25) is 0 Å². The average molecular weight is 333 g/mol. The van der Waals surface area contributed by atoms with Crippen molar-refractivity contribution in [3.05, 3.63) is 64.7 Å². The van der Waals surface area contributed by atoms with Gasteiger partial charge in [0.2, 0.25) is 0 Å². The first-order chi connectivity index (χ1) is 11.1. The van der Waals surface area contributed by atoms with Crippen LogP contribution in [0.15, 0.2) is 53.6 Å². The summed E-state index contributed by atoms with van der Waals surface area (Å²) in [6.45, 7) is 0.440. The van der Waals surface area contributed by atoms with Crippen molar-refractivity contribution in [2.75, 3.05) is 14.2 Å². The topological polar surface area (TPSA) is 44.8 Å². The molecule has 0 atom stereocenters. The predicted molar refractivity (Wildman–Crippen MR) is 89.6 cm³/mol. The van der Waals surface area contributed by atoms with E-state index in [2.05, 4.69) is 4.74 Å². The fourth-order valence-corrected chi connectivity index (χ4v) is 2.13. The zero-order valence-corrected chi connectivity index (χ0v) is 13.7. The van der Waals surface area contributed by atoms with Crippen LogP contribution >= 0.6 is 11.6 Å². The first-order valence-corrected chi connectivity index (χ1v) is 7.32. The standard InChI is InChI=1S/C18H17ClO4/c1-21-17-11-14(10-15(19)18(20)22-2)8-9-16(17)23-12-13-6-4-3-5-7-13/h3-11H,12H2,1-2H3/b15-10-. The molecule has 2 rings (SSSR count). The lowest BCUT2D eigenvalue weighted by Crippen LogP contribution is -2.00. The Labute approximate surface area is 140 Å². The molecule has 0 radical (unpaired) electrons.